The van der Waals surface area contributed by atoms with E-state index in [-0.39, 0.29) is 12.0 Å². The number of nitrogens with zero attached hydrogens (tertiary/aromatic N) is 3. The maximum Gasteiger partial charge on any atom is 0.220 e. The number of terminal acetylenes is 1. The first-order valence-electron chi connectivity index (χ1n) is 8.65. The third-order valence-corrected chi connectivity index (χ3v) is 4.46. The maximum absolute atomic E-state index is 12.1. The van der Waals surface area contributed by atoms with E-state index in [4.69, 9.17) is 11.2 Å². The molecular formula is C18H23N5O2. The fourth-order valence-corrected chi connectivity index (χ4v) is 2.83. The lowest BCUT2D eigenvalue weighted by molar-refractivity contribution is -0.121. The first-order valence-corrected chi connectivity index (χ1v) is 8.65. The number of carbonyl (C=O) groups excluding carboxylic acids is 1. The van der Waals surface area contributed by atoms with Crippen molar-refractivity contribution in [1.29, 1.82) is 0 Å². The molecule has 2 aliphatic rings. The van der Waals surface area contributed by atoms with Crippen molar-refractivity contribution in [3.05, 3.63) is 24.0 Å². The highest BCUT2D eigenvalue weighted by Gasteiger charge is 2.39. The molecule has 0 aromatic carbocycles. The normalized spacial score (nSPS) is 20.0. The summed E-state index contributed by atoms with van der Waals surface area (Å²) in [4.78, 5) is 16.2. The van der Waals surface area contributed by atoms with E-state index < -0.39 is 5.66 Å². The fourth-order valence-electron chi connectivity index (χ4n) is 2.83. The monoisotopic (exact) mass is 341 g/mol. The number of hydrogen-bond acceptors (Lipinski definition) is 6. The maximum atomic E-state index is 12.1. The molecule has 0 bridgehead atoms. The molecule has 7 heteroatoms. The zero-order valence-electron chi connectivity index (χ0n) is 14.2. The number of ether oxygens (including phenoxy) is 1. The van der Waals surface area contributed by atoms with Gasteiger partial charge in [-0.15, -0.1) is 12.3 Å². The number of amides is 1. The number of aromatic nitrogens is 1. The summed E-state index contributed by atoms with van der Waals surface area (Å²) >= 11 is 0. The average Bonchev–Trinajstić information content (AvgIpc) is 3.22. The number of nitrogens with one attached hydrogen (secondary N) is 2. The summed E-state index contributed by atoms with van der Waals surface area (Å²) in [6, 6.07) is 1.87. The molecule has 7 nitrogen and oxygen atoms in total. The van der Waals surface area contributed by atoms with Crippen molar-refractivity contribution in [2.24, 2.45) is 10.2 Å². The van der Waals surface area contributed by atoms with E-state index in [0.29, 0.717) is 32.2 Å². The van der Waals surface area contributed by atoms with Crippen molar-refractivity contribution < 1.29 is 9.53 Å². The Morgan fingerprint density at radius 2 is 2.36 bits per heavy atom. The molecular weight excluding hydrogens is 318 g/mol. The van der Waals surface area contributed by atoms with Gasteiger partial charge in [-0.1, -0.05) is 0 Å². The van der Waals surface area contributed by atoms with Crippen LogP contribution in [0, 0.1) is 12.3 Å². The Bertz CT molecular complexity index is 670. The van der Waals surface area contributed by atoms with Crippen LogP contribution in [0.5, 0.6) is 5.75 Å². The van der Waals surface area contributed by atoms with Crippen LogP contribution in [0.15, 0.2) is 28.7 Å². The van der Waals surface area contributed by atoms with Crippen LogP contribution >= 0.6 is 0 Å². The van der Waals surface area contributed by atoms with E-state index in [1.807, 2.05) is 6.07 Å². The fraction of sp³-hybridized carbons (Fsp3) is 0.556. The largest absolute Gasteiger partial charge is 0.487 e. The Balaban J connectivity index is 1.45. The lowest BCUT2D eigenvalue weighted by atomic mass is 10.0. The van der Waals surface area contributed by atoms with E-state index in [9.17, 15) is 4.79 Å². The van der Waals surface area contributed by atoms with E-state index in [2.05, 4.69) is 31.8 Å². The molecule has 25 heavy (non-hydrogen) atoms. The summed E-state index contributed by atoms with van der Waals surface area (Å²) in [5.41, 5.74) is 0.516. The van der Waals surface area contributed by atoms with Crippen molar-refractivity contribution in [2.75, 3.05) is 13.1 Å². The highest BCUT2D eigenvalue weighted by molar-refractivity contribution is 5.76. The summed E-state index contributed by atoms with van der Waals surface area (Å²) in [5, 5.41) is 14.3. The minimum absolute atomic E-state index is 0.0253. The Morgan fingerprint density at radius 1 is 1.48 bits per heavy atom. The summed E-state index contributed by atoms with van der Waals surface area (Å²) < 4.78 is 5.98. The summed E-state index contributed by atoms with van der Waals surface area (Å²) in [5.74, 6) is 3.29. The third kappa shape index (κ3) is 5.00. The quantitative estimate of drug-likeness (QED) is 0.670. The van der Waals surface area contributed by atoms with Crippen molar-refractivity contribution in [3.63, 3.8) is 0 Å². The van der Waals surface area contributed by atoms with Gasteiger partial charge in [-0.3, -0.25) is 9.78 Å². The van der Waals surface area contributed by atoms with Gasteiger partial charge >= 0.3 is 0 Å². The van der Waals surface area contributed by atoms with Crippen LogP contribution in [-0.4, -0.2) is 35.7 Å². The third-order valence-electron chi connectivity index (χ3n) is 4.46. The highest BCUT2D eigenvalue weighted by atomic mass is 16.5. The number of hydrogen-bond donors (Lipinski definition) is 2. The molecule has 3 heterocycles. The molecule has 0 unspecified atom stereocenters. The number of carbonyl (C=O) groups is 1. The molecule has 132 valence electrons. The average molecular weight is 341 g/mol. The van der Waals surface area contributed by atoms with Crippen molar-refractivity contribution in [2.45, 2.75) is 50.4 Å². The lowest BCUT2D eigenvalue weighted by Gasteiger charge is -2.16. The predicted octanol–water partition coefficient (Wildman–Crippen LogP) is 1.79. The van der Waals surface area contributed by atoms with Gasteiger partial charge in [0.05, 0.1) is 6.20 Å². The van der Waals surface area contributed by atoms with E-state index >= 15 is 0 Å². The second kappa shape index (κ2) is 8.08. The first-order chi connectivity index (χ1) is 12.2. The molecule has 1 aromatic heterocycles. The van der Waals surface area contributed by atoms with E-state index in [0.717, 1.165) is 30.8 Å². The number of rotatable bonds is 9. The van der Waals surface area contributed by atoms with Crippen LogP contribution in [0.2, 0.25) is 0 Å². The molecule has 1 fully saturated rings. The standard InChI is InChI=1S/C18H23N5O2/c1-2-3-7-18(22-23-18)8-4-17(24)21-11-14-5-9-20-13-16(14)25-15-6-10-19-12-15/h1,5,9,13,15,19H,3-4,6-8,10-12H2,(H,21,24)/t15-/m0/s1. The molecule has 1 amide bonds. The van der Waals surface area contributed by atoms with Crippen LogP contribution in [0.25, 0.3) is 0 Å². The van der Waals surface area contributed by atoms with Crippen molar-refractivity contribution >= 4 is 5.91 Å². The Labute approximate surface area is 147 Å². The van der Waals surface area contributed by atoms with Gasteiger partial charge in [0.2, 0.25) is 5.91 Å². The Hall–Kier alpha value is -2.46. The van der Waals surface area contributed by atoms with Crippen molar-refractivity contribution in [3.8, 4) is 18.1 Å². The van der Waals surface area contributed by atoms with Crippen molar-refractivity contribution in [1.82, 2.24) is 15.6 Å². The second-order valence-electron chi connectivity index (χ2n) is 6.38. The molecule has 1 aromatic rings. The topological polar surface area (TPSA) is 88.0 Å². The smallest absolute Gasteiger partial charge is 0.220 e. The first kappa shape index (κ1) is 17.4. The molecule has 0 saturated carbocycles. The molecule has 1 atom stereocenters. The molecule has 0 spiro atoms. The molecule has 2 N–H and O–H groups in total. The minimum atomic E-state index is -0.413. The molecule has 2 aliphatic heterocycles. The SMILES string of the molecule is C#CCCC1(CCC(=O)NCc2ccncc2O[C@H]2CCNC2)N=N1. The van der Waals surface area contributed by atoms with Crippen LogP contribution in [-0.2, 0) is 11.3 Å². The Kier molecular flexibility index (Phi) is 5.61. The minimum Gasteiger partial charge on any atom is -0.487 e. The Morgan fingerprint density at radius 3 is 3.08 bits per heavy atom. The molecule has 0 aliphatic carbocycles. The van der Waals surface area contributed by atoms with Gasteiger partial charge in [0.1, 0.15) is 11.9 Å². The highest BCUT2D eigenvalue weighted by Crippen LogP contribution is 2.37. The zero-order chi connectivity index (χ0) is 17.5. The molecule has 3 rings (SSSR count). The van der Waals surface area contributed by atoms with Gasteiger partial charge in [0.15, 0.2) is 5.66 Å². The van der Waals surface area contributed by atoms with Gasteiger partial charge in [-0.2, -0.15) is 10.2 Å². The van der Waals surface area contributed by atoms with Gasteiger partial charge in [-0.25, -0.2) is 0 Å². The van der Waals surface area contributed by atoms with Gasteiger partial charge in [-0.05, 0) is 19.0 Å². The predicted molar refractivity (Wildman–Crippen MR) is 92.9 cm³/mol. The summed E-state index contributed by atoms with van der Waals surface area (Å²) in [6.45, 7) is 2.23. The molecule has 0 radical (unpaired) electrons. The summed E-state index contributed by atoms with van der Waals surface area (Å²) in [6.07, 6.45) is 12.2. The van der Waals surface area contributed by atoms with E-state index in [1.54, 1.807) is 12.4 Å². The second-order valence-corrected chi connectivity index (χ2v) is 6.38. The summed E-state index contributed by atoms with van der Waals surface area (Å²) in [7, 11) is 0. The van der Waals surface area contributed by atoms with Gasteiger partial charge < -0.3 is 15.4 Å². The van der Waals surface area contributed by atoms with Gasteiger partial charge in [0, 0.05) is 50.5 Å². The van der Waals surface area contributed by atoms with E-state index in [1.165, 1.54) is 0 Å². The van der Waals surface area contributed by atoms with Crippen LogP contribution < -0.4 is 15.4 Å². The molecule has 1 saturated heterocycles. The number of pyridine rings is 1. The zero-order valence-corrected chi connectivity index (χ0v) is 14.2. The van der Waals surface area contributed by atoms with Crippen LogP contribution in [0.3, 0.4) is 0 Å². The van der Waals surface area contributed by atoms with Crippen LogP contribution in [0.1, 0.15) is 37.7 Å². The van der Waals surface area contributed by atoms with Crippen LogP contribution in [0.4, 0.5) is 0 Å². The lowest BCUT2D eigenvalue weighted by Crippen LogP contribution is -2.26. The van der Waals surface area contributed by atoms with Gasteiger partial charge in [0.25, 0.3) is 0 Å².